The van der Waals surface area contributed by atoms with Gasteiger partial charge in [0.25, 0.3) is 0 Å². The van der Waals surface area contributed by atoms with E-state index >= 15 is 0 Å². The number of halogens is 3. The molecule has 1 saturated carbocycles. The van der Waals surface area contributed by atoms with Gasteiger partial charge >= 0.3 is 0 Å². The summed E-state index contributed by atoms with van der Waals surface area (Å²) in [4.78, 5) is 0. The van der Waals surface area contributed by atoms with Gasteiger partial charge in [0.05, 0.1) is 15.6 Å². The SMILES string of the molecule is CC[C@@H]1CC[C@@H](Oc2ccc(Cl)c(F)c2Br)C1. The molecule has 1 aromatic rings. The lowest BCUT2D eigenvalue weighted by atomic mass is 10.1. The predicted octanol–water partition coefficient (Wildman–Crippen LogP) is 5.20. The zero-order chi connectivity index (χ0) is 12.4. The number of rotatable bonds is 3. The van der Waals surface area contributed by atoms with Crippen LogP contribution in [0.2, 0.25) is 5.02 Å². The van der Waals surface area contributed by atoms with E-state index in [2.05, 4.69) is 22.9 Å². The number of ether oxygens (including phenoxy) is 1. The first kappa shape index (κ1) is 13.2. The van der Waals surface area contributed by atoms with Crippen LogP contribution >= 0.6 is 27.5 Å². The van der Waals surface area contributed by atoms with E-state index < -0.39 is 5.82 Å². The van der Waals surface area contributed by atoms with Crippen LogP contribution in [0, 0.1) is 11.7 Å². The molecule has 0 aromatic heterocycles. The standard InChI is InChI=1S/C13H15BrClFO/c1-2-8-3-4-9(7-8)17-11-6-5-10(15)13(16)12(11)14/h5-6,8-9H,2-4,7H2,1H3/t8-,9-/m1/s1. The van der Waals surface area contributed by atoms with Gasteiger partial charge in [0.2, 0.25) is 0 Å². The Balaban J connectivity index is 2.07. The summed E-state index contributed by atoms with van der Waals surface area (Å²) in [6.45, 7) is 2.20. The molecule has 94 valence electrons. The monoisotopic (exact) mass is 320 g/mol. The lowest BCUT2D eigenvalue weighted by molar-refractivity contribution is 0.201. The van der Waals surface area contributed by atoms with Crippen molar-refractivity contribution in [2.24, 2.45) is 5.92 Å². The van der Waals surface area contributed by atoms with E-state index in [-0.39, 0.29) is 11.1 Å². The Labute approximate surface area is 114 Å². The number of hydrogen-bond acceptors (Lipinski definition) is 1. The lowest BCUT2D eigenvalue weighted by Gasteiger charge is -2.15. The summed E-state index contributed by atoms with van der Waals surface area (Å²) >= 11 is 8.87. The van der Waals surface area contributed by atoms with Crippen molar-refractivity contribution in [1.29, 1.82) is 0 Å². The highest BCUT2D eigenvalue weighted by molar-refractivity contribution is 9.10. The molecule has 17 heavy (non-hydrogen) atoms. The van der Waals surface area contributed by atoms with Crippen molar-refractivity contribution in [1.82, 2.24) is 0 Å². The van der Waals surface area contributed by atoms with E-state index in [4.69, 9.17) is 16.3 Å². The van der Waals surface area contributed by atoms with E-state index in [0.29, 0.717) is 10.2 Å². The van der Waals surface area contributed by atoms with E-state index in [1.807, 2.05) is 0 Å². The van der Waals surface area contributed by atoms with Crippen molar-refractivity contribution in [3.05, 3.63) is 27.4 Å². The van der Waals surface area contributed by atoms with Crippen LogP contribution in [0.25, 0.3) is 0 Å². The quantitative estimate of drug-likeness (QED) is 0.695. The van der Waals surface area contributed by atoms with Gasteiger partial charge in [-0.1, -0.05) is 24.9 Å². The highest BCUT2D eigenvalue weighted by atomic mass is 79.9. The van der Waals surface area contributed by atoms with Gasteiger partial charge in [-0.15, -0.1) is 0 Å². The Bertz CT molecular complexity index is 411. The molecule has 0 radical (unpaired) electrons. The van der Waals surface area contributed by atoms with Gasteiger partial charge in [0, 0.05) is 0 Å². The third-order valence-corrected chi connectivity index (χ3v) is 4.39. The minimum absolute atomic E-state index is 0.113. The van der Waals surface area contributed by atoms with E-state index in [1.165, 1.54) is 18.9 Å². The molecule has 2 atom stereocenters. The molecule has 1 aromatic carbocycles. The van der Waals surface area contributed by atoms with Crippen molar-refractivity contribution in [2.75, 3.05) is 0 Å². The molecule has 1 fully saturated rings. The van der Waals surface area contributed by atoms with Crippen LogP contribution in [0.15, 0.2) is 16.6 Å². The first-order chi connectivity index (χ1) is 8.11. The van der Waals surface area contributed by atoms with Crippen molar-refractivity contribution >= 4 is 27.5 Å². The van der Waals surface area contributed by atoms with E-state index in [0.717, 1.165) is 18.8 Å². The molecule has 4 heteroatoms. The first-order valence-corrected chi connectivity index (χ1v) is 7.09. The molecule has 1 nitrogen and oxygen atoms in total. The maximum Gasteiger partial charge on any atom is 0.159 e. The van der Waals surface area contributed by atoms with Gasteiger partial charge in [-0.25, -0.2) is 4.39 Å². The molecular formula is C13H15BrClFO. The summed E-state index contributed by atoms with van der Waals surface area (Å²) in [7, 11) is 0. The molecule has 1 aliphatic rings. The number of benzene rings is 1. The lowest BCUT2D eigenvalue weighted by Crippen LogP contribution is -2.12. The second-order valence-corrected chi connectivity index (χ2v) is 5.70. The van der Waals surface area contributed by atoms with Crippen molar-refractivity contribution in [3.8, 4) is 5.75 Å². The van der Waals surface area contributed by atoms with Crippen LogP contribution < -0.4 is 4.74 Å². The highest BCUT2D eigenvalue weighted by Crippen LogP contribution is 2.36. The molecule has 0 unspecified atom stereocenters. The van der Waals surface area contributed by atoms with Crippen LogP contribution in [-0.4, -0.2) is 6.10 Å². The molecule has 0 bridgehead atoms. The highest BCUT2D eigenvalue weighted by Gasteiger charge is 2.25. The largest absolute Gasteiger partial charge is 0.489 e. The normalized spacial score (nSPS) is 24.0. The fourth-order valence-electron chi connectivity index (χ4n) is 2.29. The fraction of sp³-hybridized carbons (Fsp3) is 0.538. The van der Waals surface area contributed by atoms with Gasteiger partial charge in [0.15, 0.2) is 5.82 Å². The van der Waals surface area contributed by atoms with Crippen LogP contribution in [0.5, 0.6) is 5.75 Å². The van der Waals surface area contributed by atoms with Crippen LogP contribution in [0.3, 0.4) is 0 Å². The van der Waals surface area contributed by atoms with Gasteiger partial charge in [0.1, 0.15) is 5.75 Å². The van der Waals surface area contributed by atoms with E-state index in [9.17, 15) is 4.39 Å². The van der Waals surface area contributed by atoms with Crippen LogP contribution in [0.4, 0.5) is 4.39 Å². The molecule has 0 N–H and O–H groups in total. The fourth-order valence-corrected chi connectivity index (χ4v) is 3.00. The van der Waals surface area contributed by atoms with Crippen LogP contribution in [0.1, 0.15) is 32.6 Å². The summed E-state index contributed by atoms with van der Waals surface area (Å²) in [5.41, 5.74) is 0. The zero-order valence-corrected chi connectivity index (χ0v) is 12.0. The Hall–Kier alpha value is -0.280. The molecular weight excluding hydrogens is 306 g/mol. The molecule has 0 spiro atoms. The minimum Gasteiger partial charge on any atom is -0.489 e. The second-order valence-electron chi connectivity index (χ2n) is 4.50. The topological polar surface area (TPSA) is 9.23 Å². The van der Waals surface area contributed by atoms with Crippen molar-refractivity contribution in [3.63, 3.8) is 0 Å². The van der Waals surface area contributed by atoms with Gasteiger partial charge in [-0.05, 0) is 53.2 Å². The smallest absolute Gasteiger partial charge is 0.159 e. The Kier molecular flexibility index (Phi) is 4.31. The summed E-state index contributed by atoms with van der Waals surface area (Å²) in [5.74, 6) is 0.846. The van der Waals surface area contributed by atoms with Gasteiger partial charge < -0.3 is 4.74 Å². The Morgan fingerprint density at radius 2 is 2.24 bits per heavy atom. The third-order valence-electron chi connectivity index (χ3n) is 3.36. The second kappa shape index (κ2) is 5.57. The van der Waals surface area contributed by atoms with Crippen molar-refractivity contribution in [2.45, 2.75) is 38.7 Å². The summed E-state index contributed by atoms with van der Waals surface area (Å²) in [6.07, 6.45) is 4.71. The first-order valence-electron chi connectivity index (χ1n) is 5.92. The number of hydrogen-bond donors (Lipinski definition) is 0. The Morgan fingerprint density at radius 3 is 2.88 bits per heavy atom. The molecule has 0 saturated heterocycles. The molecule has 0 aliphatic heterocycles. The predicted molar refractivity (Wildman–Crippen MR) is 71.2 cm³/mol. The van der Waals surface area contributed by atoms with Gasteiger partial charge in [-0.2, -0.15) is 0 Å². The average Bonchev–Trinajstić information content (AvgIpc) is 2.78. The zero-order valence-electron chi connectivity index (χ0n) is 9.68. The molecule has 1 aliphatic carbocycles. The summed E-state index contributed by atoms with van der Waals surface area (Å²) < 4.78 is 19.7. The van der Waals surface area contributed by atoms with Gasteiger partial charge in [-0.3, -0.25) is 0 Å². The maximum absolute atomic E-state index is 13.5. The summed E-state index contributed by atoms with van der Waals surface area (Å²) in [6, 6.07) is 3.25. The maximum atomic E-state index is 13.5. The molecule has 2 rings (SSSR count). The minimum atomic E-state index is -0.450. The molecule has 0 amide bonds. The average molecular weight is 322 g/mol. The van der Waals surface area contributed by atoms with Crippen molar-refractivity contribution < 1.29 is 9.13 Å². The van der Waals surface area contributed by atoms with Crippen LogP contribution in [-0.2, 0) is 0 Å². The van der Waals surface area contributed by atoms with E-state index in [1.54, 1.807) is 6.07 Å². The summed E-state index contributed by atoms with van der Waals surface area (Å²) in [5, 5.41) is 0.113. The molecule has 0 heterocycles. The Morgan fingerprint density at radius 1 is 1.47 bits per heavy atom. The third kappa shape index (κ3) is 2.94.